The number of nitrogens with zero attached hydrogens (tertiary/aromatic N) is 3. The molecular formula is C37H50N6O9. The van der Waals surface area contributed by atoms with Gasteiger partial charge in [0, 0.05) is 63.3 Å². The van der Waals surface area contributed by atoms with Crippen molar-refractivity contribution in [2.45, 2.75) is 76.1 Å². The van der Waals surface area contributed by atoms with Crippen LogP contribution in [0.15, 0.2) is 53.7 Å². The van der Waals surface area contributed by atoms with Gasteiger partial charge in [-0.05, 0) is 74.6 Å². The Morgan fingerprint density at radius 3 is 2.56 bits per heavy atom. The SMILES string of the molecule is CNc1ccc(N)cc1.Cc1cc(OC2CC(O)C(O)C(CO)O2)c(OCCCC(=O)Nc2cc(C=O)n(C)c2)cc1N=CC1CCCCN1C=O. The lowest BCUT2D eigenvalue weighted by Gasteiger charge is -2.36. The van der Waals surface area contributed by atoms with Crippen LogP contribution in [0.4, 0.5) is 22.7 Å². The van der Waals surface area contributed by atoms with Crippen LogP contribution in [0.25, 0.3) is 0 Å². The summed E-state index contributed by atoms with van der Waals surface area (Å²) in [5, 5.41) is 35.6. The molecule has 282 valence electrons. The number of aromatic nitrogens is 1. The molecule has 7 N–H and O–H groups in total. The number of hydrogen-bond acceptors (Lipinski definition) is 12. The average molecular weight is 723 g/mol. The van der Waals surface area contributed by atoms with Gasteiger partial charge in [-0.1, -0.05) is 0 Å². The Labute approximate surface area is 303 Å². The topological polar surface area (TPSA) is 210 Å². The molecule has 5 unspecified atom stereocenters. The normalized spacial score (nSPS) is 21.5. The molecule has 0 aliphatic carbocycles. The molecule has 0 bridgehead atoms. The third kappa shape index (κ3) is 11.3. The number of nitrogen functional groups attached to an aromatic ring is 1. The fourth-order valence-electron chi connectivity index (χ4n) is 5.77. The molecule has 2 saturated heterocycles. The maximum atomic E-state index is 12.4. The van der Waals surface area contributed by atoms with Crippen molar-refractivity contribution in [1.82, 2.24) is 9.47 Å². The number of likely N-dealkylation sites (tertiary alicyclic amines) is 1. The summed E-state index contributed by atoms with van der Waals surface area (Å²) < 4.78 is 19.3. The van der Waals surface area contributed by atoms with E-state index in [-0.39, 0.29) is 31.4 Å². The van der Waals surface area contributed by atoms with Crippen molar-refractivity contribution in [2.75, 3.05) is 43.2 Å². The number of benzene rings is 2. The number of hydrogen-bond donors (Lipinski definition) is 6. The highest BCUT2D eigenvalue weighted by Crippen LogP contribution is 2.37. The number of carbonyl (C=O) groups excluding carboxylic acids is 3. The molecule has 3 heterocycles. The van der Waals surface area contributed by atoms with Crippen molar-refractivity contribution in [3.63, 3.8) is 0 Å². The molecule has 0 radical (unpaired) electrons. The zero-order valence-corrected chi connectivity index (χ0v) is 29.8. The first-order valence-electron chi connectivity index (χ1n) is 17.3. The Balaban J connectivity index is 0.000000585. The van der Waals surface area contributed by atoms with Gasteiger partial charge in [-0.2, -0.15) is 0 Å². The number of anilines is 3. The monoisotopic (exact) mass is 722 g/mol. The summed E-state index contributed by atoms with van der Waals surface area (Å²) in [6.07, 6.45) is 3.93. The first kappa shape index (κ1) is 39.8. The standard InChI is InChI=1S/C30H40N4O9.C7H10N2/c1-19-10-26(42-29-13-24(38)30(40)27(17-36)43-29)25(12-23(19)31-14-21-6-3-4-8-34(21)18-37)41-9-5-7-28(39)32-20-11-22(16-35)33(2)15-20;1-9-7-4-2-6(8)3-5-7/h10-12,14-16,18,21,24,27,29-30,36,38,40H,3-9,13,17H2,1-2H3,(H,32,39);2-5,9H,8H2,1H3. The molecule has 15 heteroatoms. The molecule has 15 nitrogen and oxygen atoms in total. The third-order valence-electron chi connectivity index (χ3n) is 8.80. The maximum absolute atomic E-state index is 12.4. The van der Waals surface area contributed by atoms with Gasteiger partial charge in [0.1, 0.15) is 12.2 Å². The van der Waals surface area contributed by atoms with Gasteiger partial charge in [0.05, 0.1) is 42.4 Å². The Hall–Kier alpha value is -4.96. The van der Waals surface area contributed by atoms with Gasteiger partial charge in [0.25, 0.3) is 0 Å². The van der Waals surface area contributed by atoms with E-state index in [2.05, 4.69) is 15.6 Å². The van der Waals surface area contributed by atoms with E-state index in [0.717, 1.165) is 42.6 Å². The van der Waals surface area contributed by atoms with E-state index in [4.69, 9.17) is 19.9 Å². The molecular weight excluding hydrogens is 672 g/mol. The van der Waals surface area contributed by atoms with E-state index in [0.29, 0.717) is 47.8 Å². The van der Waals surface area contributed by atoms with Gasteiger partial charge >= 0.3 is 0 Å². The summed E-state index contributed by atoms with van der Waals surface area (Å²) in [6, 6.07) is 12.5. The third-order valence-corrected chi connectivity index (χ3v) is 8.80. The second-order valence-electron chi connectivity index (χ2n) is 12.7. The van der Waals surface area contributed by atoms with Crippen LogP contribution in [-0.2, 0) is 21.4 Å². The molecule has 2 fully saturated rings. The minimum absolute atomic E-state index is 0.0231. The van der Waals surface area contributed by atoms with Crippen LogP contribution in [-0.4, -0.2) is 107 Å². The van der Waals surface area contributed by atoms with E-state index in [9.17, 15) is 29.7 Å². The number of amides is 2. The van der Waals surface area contributed by atoms with Crippen LogP contribution in [0, 0.1) is 6.92 Å². The number of rotatable bonds is 14. The molecule has 2 aliphatic heterocycles. The van der Waals surface area contributed by atoms with Crippen LogP contribution < -0.4 is 25.8 Å². The lowest BCUT2D eigenvalue weighted by Crippen LogP contribution is -2.51. The zero-order valence-electron chi connectivity index (χ0n) is 29.8. The van der Waals surface area contributed by atoms with Crippen molar-refractivity contribution in [3.05, 3.63) is 59.9 Å². The van der Waals surface area contributed by atoms with Gasteiger partial charge in [-0.15, -0.1) is 0 Å². The number of aliphatic hydroxyl groups excluding tert-OH is 3. The highest BCUT2D eigenvalue weighted by atomic mass is 16.7. The van der Waals surface area contributed by atoms with Crippen molar-refractivity contribution in [2.24, 2.45) is 12.0 Å². The van der Waals surface area contributed by atoms with Crippen LogP contribution >= 0.6 is 0 Å². The van der Waals surface area contributed by atoms with E-state index >= 15 is 0 Å². The molecule has 52 heavy (non-hydrogen) atoms. The number of nitrogens with one attached hydrogen (secondary N) is 2. The number of ether oxygens (including phenoxy) is 3. The summed E-state index contributed by atoms with van der Waals surface area (Å²) in [5.41, 5.74) is 9.69. The molecule has 5 atom stereocenters. The van der Waals surface area contributed by atoms with Crippen LogP contribution in [0.1, 0.15) is 54.6 Å². The summed E-state index contributed by atoms with van der Waals surface area (Å²) in [6.45, 7) is 2.21. The Kier molecular flexibility index (Phi) is 15.0. The molecule has 2 amide bonds. The van der Waals surface area contributed by atoms with Crippen LogP contribution in [0.2, 0.25) is 0 Å². The lowest BCUT2D eigenvalue weighted by molar-refractivity contribution is -0.230. The lowest BCUT2D eigenvalue weighted by atomic mass is 10.0. The van der Waals surface area contributed by atoms with Crippen molar-refractivity contribution >= 4 is 47.6 Å². The Morgan fingerprint density at radius 2 is 1.88 bits per heavy atom. The molecule has 3 aromatic rings. The summed E-state index contributed by atoms with van der Waals surface area (Å²) >= 11 is 0. The van der Waals surface area contributed by atoms with Crippen LogP contribution in [0.5, 0.6) is 11.5 Å². The Morgan fingerprint density at radius 1 is 1.12 bits per heavy atom. The largest absolute Gasteiger partial charge is 0.490 e. The first-order chi connectivity index (χ1) is 25.0. The predicted molar refractivity (Wildman–Crippen MR) is 197 cm³/mol. The van der Waals surface area contributed by atoms with Crippen molar-refractivity contribution in [3.8, 4) is 11.5 Å². The fourth-order valence-corrected chi connectivity index (χ4v) is 5.77. The highest BCUT2D eigenvalue weighted by molar-refractivity contribution is 5.91. The first-order valence-corrected chi connectivity index (χ1v) is 17.3. The van der Waals surface area contributed by atoms with Crippen molar-refractivity contribution < 1.29 is 43.9 Å². The number of aliphatic imine (C=N–C) groups is 1. The second kappa shape index (κ2) is 19.6. The van der Waals surface area contributed by atoms with Gasteiger partial charge in [0.2, 0.25) is 18.6 Å². The van der Waals surface area contributed by atoms with E-state index in [1.807, 2.05) is 38.2 Å². The number of nitrogens with two attached hydrogens (primary N) is 1. The molecule has 2 aliphatic rings. The van der Waals surface area contributed by atoms with Crippen LogP contribution in [0.3, 0.4) is 0 Å². The number of aryl methyl sites for hydroxylation is 2. The minimum atomic E-state index is -1.24. The molecule has 5 rings (SSSR count). The molecule has 0 saturated carbocycles. The number of aliphatic hydroxyl groups is 3. The number of carbonyl (C=O) groups is 3. The minimum Gasteiger partial charge on any atom is -0.490 e. The highest BCUT2D eigenvalue weighted by Gasteiger charge is 2.37. The number of aldehydes is 1. The second-order valence-corrected chi connectivity index (χ2v) is 12.7. The van der Waals surface area contributed by atoms with E-state index in [1.54, 1.807) is 47.1 Å². The summed E-state index contributed by atoms with van der Waals surface area (Å²) in [7, 11) is 3.59. The molecule has 1 aromatic heterocycles. The Bertz CT molecular complexity index is 1650. The van der Waals surface area contributed by atoms with Gasteiger partial charge in [-0.25, -0.2) is 0 Å². The predicted octanol–water partition coefficient (Wildman–Crippen LogP) is 3.18. The van der Waals surface area contributed by atoms with Crippen molar-refractivity contribution in [1.29, 1.82) is 0 Å². The maximum Gasteiger partial charge on any atom is 0.224 e. The quantitative estimate of drug-likeness (QED) is 0.0616. The van der Waals surface area contributed by atoms with Gasteiger partial charge < -0.3 is 55.4 Å². The van der Waals surface area contributed by atoms with Gasteiger partial charge in [0.15, 0.2) is 17.8 Å². The van der Waals surface area contributed by atoms with Gasteiger partial charge in [-0.3, -0.25) is 19.4 Å². The van der Waals surface area contributed by atoms with E-state index < -0.39 is 31.2 Å². The van der Waals surface area contributed by atoms with E-state index in [1.165, 1.54) is 0 Å². The smallest absolute Gasteiger partial charge is 0.224 e. The average Bonchev–Trinajstić information content (AvgIpc) is 3.50. The zero-order chi connectivity index (χ0) is 37.6. The molecule has 0 spiro atoms. The fraction of sp³-hybridized carbons (Fsp3) is 0.459. The number of piperidine rings is 1. The summed E-state index contributed by atoms with van der Waals surface area (Å²) in [5.74, 6) is 0.407. The summed E-state index contributed by atoms with van der Waals surface area (Å²) in [4.78, 5) is 41.4. The molecule has 2 aromatic carbocycles.